The van der Waals surface area contributed by atoms with Crippen LogP contribution in [-0.2, 0) is 4.79 Å². The molecule has 0 spiro atoms. The van der Waals surface area contributed by atoms with E-state index in [1.54, 1.807) is 6.92 Å². The Morgan fingerprint density at radius 2 is 1.93 bits per heavy atom. The van der Waals surface area contributed by atoms with Crippen LogP contribution in [0.25, 0.3) is 0 Å². The van der Waals surface area contributed by atoms with Crippen molar-refractivity contribution in [3.8, 4) is 0 Å². The van der Waals surface area contributed by atoms with Gasteiger partial charge in [-0.15, -0.1) is 0 Å². The minimum absolute atomic E-state index is 0.232. The van der Waals surface area contributed by atoms with Gasteiger partial charge in [0.05, 0.1) is 12.5 Å². The number of rotatable bonds is 6. The van der Waals surface area contributed by atoms with E-state index in [0.29, 0.717) is 6.54 Å². The van der Waals surface area contributed by atoms with E-state index in [4.69, 9.17) is 0 Å². The SMILES string of the molecule is CCCNC(=O)C(C)NCCC(F)(F)F. The molecule has 0 radical (unpaired) electrons. The quantitative estimate of drug-likeness (QED) is 0.719. The fourth-order valence-electron chi connectivity index (χ4n) is 0.924. The molecule has 0 aromatic carbocycles. The highest BCUT2D eigenvalue weighted by molar-refractivity contribution is 5.81. The normalized spacial score (nSPS) is 13.7. The standard InChI is InChI=1S/C9H17F3N2O/c1-3-5-14-8(15)7(2)13-6-4-9(10,11)12/h7,13H,3-6H2,1-2H3,(H,14,15). The highest BCUT2D eigenvalue weighted by Gasteiger charge is 2.26. The molecule has 3 nitrogen and oxygen atoms in total. The first kappa shape index (κ1) is 14.2. The van der Waals surface area contributed by atoms with Crippen molar-refractivity contribution in [2.45, 2.75) is 38.9 Å². The fourth-order valence-corrected chi connectivity index (χ4v) is 0.924. The van der Waals surface area contributed by atoms with Crippen LogP contribution >= 0.6 is 0 Å². The number of hydrogen-bond acceptors (Lipinski definition) is 2. The molecular formula is C9H17F3N2O. The molecule has 0 aliphatic heterocycles. The average molecular weight is 226 g/mol. The summed E-state index contributed by atoms with van der Waals surface area (Å²) in [5.41, 5.74) is 0. The van der Waals surface area contributed by atoms with E-state index in [-0.39, 0.29) is 12.5 Å². The summed E-state index contributed by atoms with van der Waals surface area (Å²) in [6.45, 7) is 3.76. The lowest BCUT2D eigenvalue weighted by molar-refractivity contribution is -0.135. The van der Waals surface area contributed by atoms with Gasteiger partial charge in [0.2, 0.25) is 5.91 Å². The third kappa shape index (κ3) is 8.23. The van der Waals surface area contributed by atoms with Gasteiger partial charge in [-0.3, -0.25) is 4.79 Å². The predicted octanol–water partition coefficient (Wildman–Crippen LogP) is 1.44. The molecule has 0 rings (SSSR count). The highest BCUT2D eigenvalue weighted by atomic mass is 19.4. The van der Waals surface area contributed by atoms with Crippen molar-refractivity contribution >= 4 is 5.91 Å². The predicted molar refractivity (Wildman–Crippen MR) is 51.4 cm³/mol. The Bertz CT molecular complexity index is 194. The van der Waals surface area contributed by atoms with Crippen molar-refractivity contribution in [2.75, 3.05) is 13.1 Å². The molecule has 1 unspecified atom stereocenters. The van der Waals surface area contributed by atoms with Gasteiger partial charge in [-0.2, -0.15) is 13.2 Å². The van der Waals surface area contributed by atoms with Gasteiger partial charge in [0, 0.05) is 13.1 Å². The number of nitrogens with one attached hydrogen (secondary N) is 2. The van der Waals surface area contributed by atoms with Gasteiger partial charge in [0.1, 0.15) is 0 Å². The second kappa shape index (κ2) is 6.66. The van der Waals surface area contributed by atoms with Gasteiger partial charge in [-0.25, -0.2) is 0 Å². The van der Waals surface area contributed by atoms with Crippen molar-refractivity contribution in [1.29, 1.82) is 0 Å². The van der Waals surface area contributed by atoms with E-state index >= 15 is 0 Å². The minimum Gasteiger partial charge on any atom is -0.355 e. The fraction of sp³-hybridized carbons (Fsp3) is 0.889. The van der Waals surface area contributed by atoms with Gasteiger partial charge < -0.3 is 10.6 Å². The molecule has 0 fully saturated rings. The molecule has 0 saturated carbocycles. The molecule has 0 aliphatic carbocycles. The van der Waals surface area contributed by atoms with Crippen LogP contribution in [0.4, 0.5) is 13.2 Å². The Morgan fingerprint density at radius 3 is 2.40 bits per heavy atom. The van der Waals surface area contributed by atoms with Crippen LogP contribution in [0, 0.1) is 0 Å². The second-order valence-corrected chi connectivity index (χ2v) is 3.33. The van der Waals surface area contributed by atoms with Gasteiger partial charge in [0.15, 0.2) is 0 Å². The van der Waals surface area contributed by atoms with Gasteiger partial charge in [-0.1, -0.05) is 6.92 Å². The van der Waals surface area contributed by atoms with Crippen LogP contribution in [0.15, 0.2) is 0 Å². The Morgan fingerprint density at radius 1 is 1.33 bits per heavy atom. The maximum atomic E-state index is 11.8. The molecule has 15 heavy (non-hydrogen) atoms. The smallest absolute Gasteiger partial charge is 0.355 e. The molecule has 2 N–H and O–H groups in total. The maximum absolute atomic E-state index is 11.8. The van der Waals surface area contributed by atoms with Crippen LogP contribution in [0.3, 0.4) is 0 Å². The van der Waals surface area contributed by atoms with Crippen molar-refractivity contribution in [3.63, 3.8) is 0 Å². The van der Waals surface area contributed by atoms with Gasteiger partial charge >= 0.3 is 6.18 Å². The number of hydrogen-bond donors (Lipinski definition) is 2. The molecular weight excluding hydrogens is 209 g/mol. The van der Waals surface area contributed by atoms with Gasteiger partial charge in [0.25, 0.3) is 0 Å². The molecule has 0 aromatic heterocycles. The second-order valence-electron chi connectivity index (χ2n) is 3.33. The van der Waals surface area contributed by atoms with Gasteiger partial charge in [-0.05, 0) is 13.3 Å². The monoisotopic (exact) mass is 226 g/mol. The van der Waals surface area contributed by atoms with Crippen LogP contribution in [0.5, 0.6) is 0 Å². The average Bonchev–Trinajstić information content (AvgIpc) is 2.11. The first-order valence-electron chi connectivity index (χ1n) is 4.94. The summed E-state index contributed by atoms with van der Waals surface area (Å²) in [7, 11) is 0. The molecule has 1 atom stereocenters. The Kier molecular flexibility index (Phi) is 6.31. The van der Waals surface area contributed by atoms with Crippen molar-refractivity contribution in [3.05, 3.63) is 0 Å². The molecule has 0 aliphatic rings. The summed E-state index contributed by atoms with van der Waals surface area (Å²) in [5.74, 6) is -0.265. The molecule has 0 aromatic rings. The van der Waals surface area contributed by atoms with E-state index in [0.717, 1.165) is 6.42 Å². The maximum Gasteiger partial charge on any atom is 0.390 e. The lowest BCUT2D eigenvalue weighted by atomic mass is 10.3. The Hall–Kier alpha value is -0.780. The lowest BCUT2D eigenvalue weighted by Crippen LogP contribution is -2.43. The lowest BCUT2D eigenvalue weighted by Gasteiger charge is -2.14. The number of carbonyl (C=O) groups excluding carboxylic acids is 1. The van der Waals surface area contributed by atoms with Crippen LogP contribution in [0.1, 0.15) is 26.7 Å². The Balaban J connectivity index is 3.64. The zero-order valence-electron chi connectivity index (χ0n) is 8.95. The summed E-state index contributed by atoms with van der Waals surface area (Å²) in [5, 5.41) is 5.11. The van der Waals surface area contributed by atoms with E-state index in [1.807, 2.05) is 6.92 Å². The third-order valence-corrected chi connectivity index (χ3v) is 1.80. The van der Waals surface area contributed by atoms with Crippen LogP contribution in [0.2, 0.25) is 0 Å². The number of halogens is 3. The minimum atomic E-state index is -4.17. The summed E-state index contributed by atoms with van der Waals surface area (Å²) in [6.07, 6.45) is -4.29. The number of alkyl halides is 3. The highest BCUT2D eigenvalue weighted by Crippen LogP contribution is 2.18. The summed E-state index contributed by atoms with van der Waals surface area (Å²) >= 11 is 0. The number of amides is 1. The molecule has 90 valence electrons. The van der Waals surface area contributed by atoms with E-state index in [2.05, 4.69) is 10.6 Å². The van der Waals surface area contributed by atoms with Crippen molar-refractivity contribution in [2.24, 2.45) is 0 Å². The summed E-state index contributed by atoms with van der Waals surface area (Å²) < 4.78 is 35.3. The molecule has 0 heterocycles. The first-order chi connectivity index (χ1) is 6.87. The topological polar surface area (TPSA) is 41.1 Å². The van der Waals surface area contributed by atoms with E-state index < -0.39 is 18.6 Å². The van der Waals surface area contributed by atoms with Crippen molar-refractivity contribution < 1.29 is 18.0 Å². The largest absolute Gasteiger partial charge is 0.390 e. The summed E-state index contributed by atoms with van der Waals surface area (Å²) in [4.78, 5) is 11.2. The molecule has 6 heteroatoms. The Labute approximate surface area is 87.4 Å². The van der Waals surface area contributed by atoms with Crippen LogP contribution in [-0.4, -0.2) is 31.2 Å². The molecule has 0 saturated heterocycles. The zero-order chi connectivity index (χ0) is 11.9. The third-order valence-electron chi connectivity index (χ3n) is 1.80. The first-order valence-corrected chi connectivity index (χ1v) is 4.94. The zero-order valence-corrected chi connectivity index (χ0v) is 8.95. The molecule has 0 bridgehead atoms. The molecule has 1 amide bonds. The van der Waals surface area contributed by atoms with Crippen LogP contribution < -0.4 is 10.6 Å². The van der Waals surface area contributed by atoms with E-state index in [9.17, 15) is 18.0 Å². The van der Waals surface area contributed by atoms with E-state index in [1.165, 1.54) is 0 Å². The summed E-state index contributed by atoms with van der Waals surface area (Å²) in [6, 6.07) is -0.584. The van der Waals surface area contributed by atoms with Crippen molar-refractivity contribution in [1.82, 2.24) is 10.6 Å². The number of carbonyl (C=O) groups is 1.